The maximum atomic E-state index is 12.4. The van der Waals surface area contributed by atoms with E-state index in [4.69, 9.17) is 9.47 Å². The Morgan fingerprint density at radius 1 is 1.00 bits per heavy atom. The lowest BCUT2D eigenvalue weighted by Gasteiger charge is -2.18. The van der Waals surface area contributed by atoms with Crippen LogP contribution in [0.2, 0.25) is 0 Å². The summed E-state index contributed by atoms with van der Waals surface area (Å²) in [5, 5.41) is 3.00. The third-order valence-corrected chi connectivity index (χ3v) is 5.81. The van der Waals surface area contributed by atoms with E-state index in [2.05, 4.69) is 5.32 Å². The largest absolute Gasteiger partial charge is 0.494 e. The molecule has 0 aliphatic heterocycles. The predicted molar refractivity (Wildman–Crippen MR) is 118 cm³/mol. The van der Waals surface area contributed by atoms with Crippen LogP contribution in [0.3, 0.4) is 0 Å². The normalized spacial score (nSPS) is 12.1. The number of benzene rings is 2. The van der Waals surface area contributed by atoms with Crippen LogP contribution >= 0.6 is 0 Å². The smallest absolute Gasteiger partial charge is 0.305 e. The van der Waals surface area contributed by atoms with Crippen LogP contribution in [-0.2, 0) is 30.6 Å². The lowest BCUT2D eigenvalue weighted by molar-refractivity contribution is -0.141. The molecule has 31 heavy (non-hydrogen) atoms. The van der Waals surface area contributed by atoms with Gasteiger partial charge in [-0.15, -0.1) is 0 Å². The summed E-state index contributed by atoms with van der Waals surface area (Å²) in [5.41, 5.74) is 1.08. The van der Waals surface area contributed by atoms with Gasteiger partial charge in [0.25, 0.3) is 0 Å². The van der Waals surface area contributed by atoms with Crippen molar-refractivity contribution in [3.8, 4) is 5.75 Å². The molecule has 0 saturated carbocycles. The first kappa shape index (κ1) is 24.4. The van der Waals surface area contributed by atoms with Gasteiger partial charge in [0.15, 0.2) is 9.84 Å². The van der Waals surface area contributed by atoms with E-state index in [0.29, 0.717) is 31.6 Å². The van der Waals surface area contributed by atoms with E-state index >= 15 is 0 Å². The number of carbonyl (C=O) groups is 2. The summed E-state index contributed by atoms with van der Waals surface area (Å²) >= 11 is 0. The van der Waals surface area contributed by atoms with E-state index in [0.717, 1.165) is 11.8 Å². The van der Waals surface area contributed by atoms with Crippen LogP contribution < -0.4 is 10.1 Å². The van der Waals surface area contributed by atoms with Crippen molar-refractivity contribution in [2.75, 3.05) is 20.0 Å². The van der Waals surface area contributed by atoms with E-state index in [1.165, 1.54) is 19.2 Å². The molecule has 1 amide bonds. The molecule has 1 N–H and O–H groups in total. The highest BCUT2D eigenvalue weighted by molar-refractivity contribution is 7.90. The fourth-order valence-electron chi connectivity index (χ4n) is 3.02. The minimum atomic E-state index is -3.24. The third-order valence-electron chi connectivity index (χ3n) is 4.68. The average molecular weight is 448 g/mol. The van der Waals surface area contributed by atoms with Crippen LogP contribution in [0, 0.1) is 0 Å². The first-order chi connectivity index (χ1) is 14.8. The number of methoxy groups -OCH3 is 1. The molecule has 0 bridgehead atoms. The zero-order valence-electron chi connectivity index (χ0n) is 17.9. The predicted octanol–water partition coefficient (Wildman–Crippen LogP) is 2.93. The molecule has 0 aliphatic carbocycles. The van der Waals surface area contributed by atoms with Crippen LogP contribution in [0.4, 0.5) is 0 Å². The van der Waals surface area contributed by atoms with Crippen LogP contribution in [0.15, 0.2) is 59.5 Å². The van der Waals surface area contributed by atoms with Gasteiger partial charge in [0, 0.05) is 25.1 Å². The Balaban J connectivity index is 1.79. The zero-order chi connectivity index (χ0) is 22.7. The second kappa shape index (κ2) is 12.1. The molecule has 1 unspecified atom stereocenters. The minimum Gasteiger partial charge on any atom is -0.494 e. The van der Waals surface area contributed by atoms with Crippen LogP contribution in [0.5, 0.6) is 5.75 Å². The summed E-state index contributed by atoms with van der Waals surface area (Å²) in [6, 6.07) is 15.8. The van der Waals surface area contributed by atoms with Gasteiger partial charge in [0.2, 0.25) is 5.91 Å². The zero-order valence-corrected chi connectivity index (χ0v) is 18.7. The Labute approximate surface area is 183 Å². The average Bonchev–Trinajstić information content (AvgIpc) is 2.75. The van der Waals surface area contributed by atoms with E-state index in [-0.39, 0.29) is 35.7 Å². The Morgan fingerprint density at radius 3 is 2.29 bits per heavy atom. The van der Waals surface area contributed by atoms with Gasteiger partial charge in [-0.1, -0.05) is 30.3 Å². The SMILES string of the molecule is COC(=O)CCC(Cc1ccccc1)NC(=O)CCCOc1ccc(S(C)(=O)=O)cc1. The number of ether oxygens (including phenoxy) is 2. The third kappa shape index (κ3) is 9.21. The van der Waals surface area contributed by atoms with Gasteiger partial charge in [-0.25, -0.2) is 8.42 Å². The summed E-state index contributed by atoms with van der Waals surface area (Å²) in [6.07, 6.45) is 3.31. The molecule has 0 radical (unpaired) electrons. The number of hydrogen-bond acceptors (Lipinski definition) is 6. The maximum Gasteiger partial charge on any atom is 0.305 e. The van der Waals surface area contributed by atoms with Crippen molar-refractivity contribution < 1.29 is 27.5 Å². The minimum absolute atomic E-state index is 0.109. The number of amides is 1. The van der Waals surface area contributed by atoms with Gasteiger partial charge in [0.1, 0.15) is 5.75 Å². The quantitative estimate of drug-likeness (QED) is 0.397. The van der Waals surface area contributed by atoms with Crippen molar-refractivity contribution >= 4 is 21.7 Å². The summed E-state index contributed by atoms with van der Waals surface area (Å²) < 4.78 is 33.2. The lowest BCUT2D eigenvalue weighted by atomic mass is 10.0. The Morgan fingerprint density at radius 2 is 1.68 bits per heavy atom. The van der Waals surface area contributed by atoms with Crippen molar-refractivity contribution in [2.24, 2.45) is 0 Å². The van der Waals surface area contributed by atoms with Gasteiger partial charge >= 0.3 is 5.97 Å². The monoisotopic (exact) mass is 447 g/mol. The molecule has 2 aromatic rings. The number of sulfone groups is 1. The van der Waals surface area contributed by atoms with Gasteiger partial charge in [-0.05, 0) is 49.1 Å². The Kier molecular flexibility index (Phi) is 9.52. The molecule has 0 spiro atoms. The molecule has 7 nitrogen and oxygen atoms in total. The van der Waals surface area contributed by atoms with E-state index in [1.54, 1.807) is 12.1 Å². The molecule has 2 aromatic carbocycles. The van der Waals surface area contributed by atoms with Gasteiger partial charge in [0.05, 0.1) is 18.6 Å². The number of carbonyl (C=O) groups excluding carboxylic acids is 2. The summed E-state index contributed by atoms with van der Waals surface area (Å²) in [4.78, 5) is 24.1. The Hall–Kier alpha value is -2.87. The standard InChI is InChI=1S/C23H29NO6S/c1-29-23(26)15-10-19(17-18-7-4-3-5-8-18)24-22(25)9-6-16-30-20-11-13-21(14-12-20)31(2,27)28/h3-5,7-8,11-14,19H,6,9-10,15-17H2,1-2H3,(H,24,25). The summed E-state index contributed by atoms with van der Waals surface area (Å²) in [7, 11) is -1.89. The summed E-state index contributed by atoms with van der Waals surface area (Å²) in [5.74, 6) is 0.136. The highest BCUT2D eigenvalue weighted by Crippen LogP contribution is 2.16. The van der Waals surface area contributed by atoms with Crippen molar-refractivity contribution in [3.05, 3.63) is 60.2 Å². The molecule has 0 saturated heterocycles. The molecule has 0 aliphatic rings. The van der Waals surface area contributed by atoms with Crippen LogP contribution in [0.25, 0.3) is 0 Å². The van der Waals surface area contributed by atoms with Crippen molar-refractivity contribution in [1.82, 2.24) is 5.32 Å². The topological polar surface area (TPSA) is 98.8 Å². The van der Waals surface area contributed by atoms with E-state index in [9.17, 15) is 18.0 Å². The van der Waals surface area contributed by atoms with Crippen molar-refractivity contribution in [2.45, 2.75) is 43.0 Å². The van der Waals surface area contributed by atoms with Crippen LogP contribution in [0.1, 0.15) is 31.2 Å². The van der Waals surface area contributed by atoms with Crippen molar-refractivity contribution in [1.29, 1.82) is 0 Å². The van der Waals surface area contributed by atoms with E-state index in [1.807, 2.05) is 30.3 Å². The van der Waals surface area contributed by atoms with Gasteiger partial charge in [-0.2, -0.15) is 0 Å². The number of nitrogens with one attached hydrogen (secondary N) is 1. The Bertz CT molecular complexity index is 942. The molecule has 168 valence electrons. The molecular weight excluding hydrogens is 418 g/mol. The molecule has 8 heteroatoms. The molecule has 0 fully saturated rings. The van der Waals surface area contributed by atoms with Gasteiger partial charge < -0.3 is 14.8 Å². The number of rotatable bonds is 12. The first-order valence-electron chi connectivity index (χ1n) is 10.1. The highest BCUT2D eigenvalue weighted by atomic mass is 32.2. The molecule has 0 heterocycles. The van der Waals surface area contributed by atoms with Crippen LogP contribution in [-0.4, -0.2) is 46.3 Å². The second-order valence-electron chi connectivity index (χ2n) is 7.26. The lowest BCUT2D eigenvalue weighted by Crippen LogP contribution is -2.37. The van der Waals surface area contributed by atoms with Crippen molar-refractivity contribution in [3.63, 3.8) is 0 Å². The second-order valence-corrected chi connectivity index (χ2v) is 9.28. The first-order valence-corrected chi connectivity index (χ1v) is 12.0. The fourth-order valence-corrected chi connectivity index (χ4v) is 3.65. The van der Waals surface area contributed by atoms with E-state index < -0.39 is 9.84 Å². The fraction of sp³-hybridized carbons (Fsp3) is 0.391. The molecular formula is C23H29NO6S. The maximum absolute atomic E-state index is 12.4. The molecule has 0 aromatic heterocycles. The van der Waals surface area contributed by atoms with Gasteiger partial charge in [-0.3, -0.25) is 9.59 Å². The molecule has 1 atom stereocenters. The number of esters is 1. The number of hydrogen-bond donors (Lipinski definition) is 1. The molecule has 2 rings (SSSR count). The highest BCUT2D eigenvalue weighted by Gasteiger charge is 2.15. The summed E-state index contributed by atoms with van der Waals surface area (Å²) in [6.45, 7) is 0.331.